The van der Waals surface area contributed by atoms with E-state index < -0.39 is 37.1 Å². The van der Waals surface area contributed by atoms with Gasteiger partial charge in [-0.1, -0.05) is 36.4 Å². The Hall–Kier alpha value is -2.47. The minimum atomic E-state index is -3.94. The first-order chi connectivity index (χ1) is 13.7. The molecule has 3 aromatic carbocycles. The van der Waals surface area contributed by atoms with Crippen molar-refractivity contribution >= 4 is 34.9 Å². The molecule has 5 nitrogen and oxygen atoms in total. The van der Waals surface area contributed by atoms with Crippen LogP contribution in [0.1, 0.15) is 12.5 Å². The lowest BCUT2D eigenvalue weighted by Gasteiger charge is -2.19. The van der Waals surface area contributed by atoms with E-state index in [0.29, 0.717) is 17.2 Å². The molecule has 3 aromatic rings. The molecule has 2 atom stereocenters. The Morgan fingerprint density at radius 1 is 1.14 bits per heavy atom. The molecule has 0 fully saturated rings. The Labute approximate surface area is 170 Å². The second-order valence-electron chi connectivity index (χ2n) is 6.24. The molecule has 0 saturated heterocycles. The fraction of sp³-hybridized carbons (Fsp3) is 0.150. The number of carbonyl (C=O) groups is 1. The van der Waals surface area contributed by atoms with E-state index in [1.165, 1.54) is 13.0 Å². The number of hydrogen-bond acceptors (Lipinski definition) is 4. The normalized spacial score (nSPS) is 14.2. The molecular weight excluding hydrogens is 423 g/mol. The smallest absolute Gasteiger partial charge is 0.409 e. The van der Waals surface area contributed by atoms with Gasteiger partial charge in [-0.25, -0.2) is 18.4 Å². The highest BCUT2D eigenvalue weighted by Gasteiger charge is 2.28. The summed E-state index contributed by atoms with van der Waals surface area (Å²) < 4.78 is 49.6. The van der Waals surface area contributed by atoms with Crippen molar-refractivity contribution in [2.45, 2.75) is 19.6 Å². The number of nitrogens with one attached hydrogen (secondary N) is 1. The summed E-state index contributed by atoms with van der Waals surface area (Å²) in [6.07, 6.45) is 0. The molecule has 0 saturated carbocycles. The van der Waals surface area contributed by atoms with Gasteiger partial charge in [0.2, 0.25) is 0 Å². The molecular formula is C20H17ClF2NO4P. The molecule has 152 valence electrons. The highest BCUT2D eigenvalue weighted by molar-refractivity contribution is 7.84. The summed E-state index contributed by atoms with van der Waals surface area (Å²) >= 11 is 5.98. The first-order valence-corrected chi connectivity index (χ1v) is 11.1. The van der Waals surface area contributed by atoms with Crippen LogP contribution in [0.25, 0.3) is 10.8 Å². The van der Waals surface area contributed by atoms with Gasteiger partial charge >= 0.3 is 12.8 Å². The number of benzene rings is 3. The van der Waals surface area contributed by atoms with Gasteiger partial charge in [0.15, 0.2) is 0 Å². The molecule has 1 N–H and O–H groups in total. The fourth-order valence-corrected chi connectivity index (χ4v) is 4.32. The van der Waals surface area contributed by atoms with Gasteiger partial charge in [0.25, 0.3) is 0 Å². The van der Waals surface area contributed by atoms with Gasteiger partial charge in [0, 0.05) is 28.3 Å². The predicted octanol–water partition coefficient (Wildman–Crippen LogP) is 5.57. The second-order valence-corrected chi connectivity index (χ2v) is 8.98. The van der Waals surface area contributed by atoms with Crippen molar-refractivity contribution in [3.8, 4) is 5.75 Å². The zero-order chi connectivity index (χ0) is 21.0. The lowest BCUT2D eigenvalue weighted by Crippen LogP contribution is -2.33. The van der Waals surface area contributed by atoms with Crippen LogP contribution in [0.4, 0.5) is 8.78 Å². The van der Waals surface area contributed by atoms with E-state index in [4.69, 9.17) is 20.5 Å². The molecule has 9 heteroatoms. The van der Waals surface area contributed by atoms with Crippen LogP contribution >= 0.6 is 18.1 Å². The number of rotatable bonds is 7. The van der Waals surface area contributed by atoms with Crippen LogP contribution in [-0.4, -0.2) is 12.0 Å². The number of fused-ring (bicyclic) bond motifs is 1. The number of halogens is 3. The average Bonchev–Trinajstić information content (AvgIpc) is 2.66. The minimum absolute atomic E-state index is 0.00742. The van der Waals surface area contributed by atoms with Crippen LogP contribution in [0.15, 0.2) is 60.7 Å². The van der Waals surface area contributed by atoms with Crippen molar-refractivity contribution in [1.29, 1.82) is 0 Å². The third kappa shape index (κ3) is 5.54. The lowest BCUT2D eigenvalue weighted by atomic mass is 10.1. The molecule has 2 unspecified atom stereocenters. The van der Waals surface area contributed by atoms with Crippen LogP contribution in [0.2, 0.25) is 0 Å². The summed E-state index contributed by atoms with van der Waals surface area (Å²) in [6, 6.07) is 14.3. The van der Waals surface area contributed by atoms with E-state index in [-0.39, 0.29) is 5.56 Å². The quantitative estimate of drug-likeness (QED) is 0.385. The van der Waals surface area contributed by atoms with Gasteiger partial charge in [0.05, 0.1) is 0 Å². The third-order valence-corrected chi connectivity index (χ3v) is 5.68. The van der Waals surface area contributed by atoms with Crippen molar-refractivity contribution in [2.24, 2.45) is 0 Å². The predicted molar refractivity (Wildman–Crippen MR) is 107 cm³/mol. The number of carbonyl (C=O) groups excluding carboxylic acids is 1. The van der Waals surface area contributed by atoms with Crippen LogP contribution < -0.4 is 9.61 Å². The summed E-state index contributed by atoms with van der Waals surface area (Å²) in [6.45, 7) is -2.97. The van der Waals surface area contributed by atoms with Crippen molar-refractivity contribution in [3.05, 3.63) is 77.9 Å². The van der Waals surface area contributed by atoms with Crippen molar-refractivity contribution in [1.82, 2.24) is 5.09 Å². The minimum Gasteiger partial charge on any atom is -0.460 e. The van der Waals surface area contributed by atoms with E-state index in [0.717, 1.165) is 11.5 Å². The highest BCUT2D eigenvalue weighted by Crippen LogP contribution is 2.50. The zero-order valence-corrected chi connectivity index (χ0v) is 16.9. The summed E-state index contributed by atoms with van der Waals surface area (Å²) in [4.78, 5) is 12.1. The summed E-state index contributed by atoms with van der Waals surface area (Å²) in [5.74, 6) is -2.10. The topological polar surface area (TPSA) is 64.6 Å². The summed E-state index contributed by atoms with van der Waals surface area (Å²) in [7, 11) is 0. The van der Waals surface area contributed by atoms with Crippen molar-refractivity contribution < 1.29 is 27.4 Å². The Balaban J connectivity index is 1.63. The van der Waals surface area contributed by atoms with Gasteiger partial charge in [-0.3, -0.25) is 4.79 Å². The molecule has 3 rings (SSSR count). The molecule has 0 aliphatic heterocycles. The van der Waals surface area contributed by atoms with E-state index in [1.54, 1.807) is 24.3 Å². The number of esters is 1. The molecule has 0 heterocycles. The Kier molecular flexibility index (Phi) is 6.52. The lowest BCUT2D eigenvalue weighted by molar-refractivity contribution is -0.146. The Morgan fingerprint density at radius 3 is 2.62 bits per heavy atom. The molecule has 0 aromatic heterocycles. The molecule has 0 spiro atoms. The maximum Gasteiger partial charge on any atom is 0.409 e. The first-order valence-electron chi connectivity index (χ1n) is 8.60. The van der Waals surface area contributed by atoms with E-state index >= 15 is 0 Å². The Bertz CT molecular complexity index is 1090. The van der Waals surface area contributed by atoms with Crippen LogP contribution in [0.5, 0.6) is 5.75 Å². The van der Waals surface area contributed by atoms with Gasteiger partial charge in [-0.05, 0) is 30.5 Å². The number of hydrogen-bond donors (Lipinski definition) is 1. The maximum absolute atomic E-state index is 13.6. The third-order valence-electron chi connectivity index (χ3n) is 4.05. The monoisotopic (exact) mass is 439 g/mol. The SMILES string of the molecule is CC(NP(=O)(Cl)Oc1cccc2ccccc12)C(=O)OCc1ccc(F)cc1F. The van der Waals surface area contributed by atoms with E-state index in [9.17, 15) is 18.1 Å². The largest absolute Gasteiger partial charge is 0.460 e. The van der Waals surface area contributed by atoms with Gasteiger partial charge in [0.1, 0.15) is 30.0 Å². The summed E-state index contributed by atoms with van der Waals surface area (Å²) in [5, 5.41) is 3.98. The van der Waals surface area contributed by atoms with Gasteiger partial charge < -0.3 is 9.26 Å². The molecule has 0 aliphatic carbocycles. The molecule has 0 bridgehead atoms. The van der Waals surface area contributed by atoms with Crippen LogP contribution in [0.3, 0.4) is 0 Å². The van der Waals surface area contributed by atoms with Crippen molar-refractivity contribution in [3.63, 3.8) is 0 Å². The van der Waals surface area contributed by atoms with E-state index in [2.05, 4.69) is 5.09 Å². The summed E-state index contributed by atoms with van der Waals surface area (Å²) in [5.41, 5.74) is 0.00742. The molecule has 29 heavy (non-hydrogen) atoms. The van der Waals surface area contributed by atoms with Gasteiger partial charge in [-0.15, -0.1) is 0 Å². The zero-order valence-electron chi connectivity index (χ0n) is 15.3. The first kappa shape index (κ1) is 21.2. The van der Waals surface area contributed by atoms with Crippen molar-refractivity contribution in [2.75, 3.05) is 0 Å². The second kappa shape index (κ2) is 8.91. The standard InChI is InChI=1S/C20H17ClF2NO4P/c1-13(20(25)27-12-15-9-10-16(22)11-18(15)23)24-29(21,26)28-19-8-4-6-14-5-2-3-7-17(14)19/h2-11,13H,12H2,1H3,(H,24,26). The molecule has 0 aliphatic rings. The molecule has 0 radical (unpaired) electrons. The average molecular weight is 440 g/mol. The highest BCUT2D eigenvalue weighted by atomic mass is 35.7. The fourth-order valence-electron chi connectivity index (χ4n) is 2.62. The number of ether oxygens (including phenoxy) is 1. The van der Waals surface area contributed by atoms with E-state index in [1.807, 2.05) is 18.2 Å². The van der Waals surface area contributed by atoms with Gasteiger partial charge in [-0.2, -0.15) is 0 Å². The van der Waals surface area contributed by atoms with Crippen LogP contribution in [0, 0.1) is 11.6 Å². The van der Waals surface area contributed by atoms with Crippen LogP contribution in [-0.2, 0) is 20.7 Å². The molecule has 0 amide bonds. The Morgan fingerprint density at radius 2 is 1.86 bits per heavy atom. The maximum atomic E-state index is 13.6.